The third-order valence-electron chi connectivity index (χ3n) is 1.75. The second kappa shape index (κ2) is 5.44. The van der Waals surface area contributed by atoms with E-state index >= 15 is 0 Å². The van der Waals surface area contributed by atoms with E-state index in [1.54, 1.807) is 13.0 Å². The van der Waals surface area contributed by atoms with Gasteiger partial charge in [-0.25, -0.2) is 4.39 Å². The van der Waals surface area contributed by atoms with Crippen LogP contribution in [0.5, 0.6) is 0 Å². The van der Waals surface area contributed by atoms with Gasteiger partial charge in [0.15, 0.2) is 0 Å². The molecule has 0 aliphatic heterocycles. The summed E-state index contributed by atoms with van der Waals surface area (Å²) in [4.78, 5) is 0. The molecule has 1 aromatic carbocycles. The Labute approximate surface area is 91.3 Å². The molecule has 0 aromatic heterocycles. The number of halogens is 2. The zero-order chi connectivity index (χ0) is 10.6. The van der Waals surface area contributed by atoms with E-state index in [0.717, 1.165) is 5.56 Å². The lowest BCUT2D eigenvalue weighted by molar-refractivity contribution is 0.191. The fourth-order valence-corrected chi connectivity index (χ4v) is 1.32. The summed E-state index contributed by atoms with van der Waals surface area (Å²) in [5, 5.41) is 12.0. The highest BCUT2D eigenvalue weighted by Gasteiger charge is 2.00. The number of aliphatic hydroxyl groups excluding tert-OH is 1. The molecule has 4 heteroatoms. The fourth-order valence-electron chi connectivity index (χ4n) is 1.07. The lowest BCUT2D eigenvalue weighted by Gasteiger charge is -2.07. The van der Waals surface area contributed by atoms with Crippen LogP contribution < -0.4 is 5.32 Å². The smallest absolute Gasteiger partial charge is 0.137 e. The molecule has 1 aromatic rings. The second-order valence-corrected chi connectivity index (χ2v) is 4.08. The summed E-state index contributed by atoms with van der Waals surface area (Å²) in [6.45, 7) is 2.78. The summed E-state index contributed by atoms with van der Waals surface area (Å²) in [7, 11) is 0. The van der Waals surface area contributed by atoms with Crippen molar-refractivity contribution in [2.75, 3.05) is 6.54 Å². The summed E-state index contributed by atoms with van der Waals surface area (Å²) in [6.07, 6.45) is -0.379. The quantitative estimate of drug-likeness (QED) is 0.870. The maximum absolute atomic E-state index is 13.0. The second-order valence-electron chi connectivity index (χ2n) is 3.23. The summed E-state index contributed by atoms with van der Waals surface area (Å²) in [6, 6.07) is 4.98. The Balaban J connectivity index is 2.47. The van der Waals surface area contributed by atoms with Crippen LogP contribution in [0.2, 0.25) is 0 Å². The molecular weight excluding hydrogens is 249 g/mol. The van der Waals surface area contributed by atoms with E-state index in [9.17, 15) is 4.39 Å². The third-order valence-corrected chi connectivity index (χ3v) is 2.40. The first-order chi connectivity index (χ1) is 6.59. The van der Waals surface area contributed by atoms with Crippen molar-refractivity contribution in [1.29, 1.82) is 0 Å². The Bertz CT molecular complexity index is 304. The van der Waals surface area contributed by atoms with Crippen LogP contribution in [-0.2, 0) is 6.54 Å². The highest BCUT2D eigenvalue weighted by atomic mass is 79.9. The van der Waals surface area contributed by atoms with E-state index in [0.29, 0.717) is 17.6 Å². The van der Waals surface area contributed by atoms with Crippen LogP contribution in [0.3, 0.4) is 0 Å². The molecular formula is C10H13BrFNO. The molecule has 0 radical (unpaired) electrons. The van der Waals surface area contributed by atoms with Crippen LogP contribution in [0.1, 0.15) is 12.5 Å². The molecule has 1 rings (SSSR count). The lowest BCUT2D eigenvalue weighted by atomic mass is 10.2. The minimum Gasteiger partial charge on any atom is -0.392 e. The van der Waals surface area contributed by atoms with Crippen molar-refractivity contribution in [3.63, 3.8) is 0 Å². The van der Waals surface area contributed by atoms with Crippen molar-refractivity contribution < 1.29 is 9.50 Å². The van der Waals surface area contributed by atoms with E-state index in [1.165, 1.54) is 6.07 Å². The minimum absolute atomic E-state index is 0.263. The van der Waals surface area contributed by atoms with Gasteiger partial charge in [-0.05, 0) is 40.5 Å². The van der Waals surface area contributed by atoms with Gasteiger partial charge in [0.05, 0.1) is 10.6 Å². The molecule has 14 heavy (non-hydrogen) atoms. The molecule has 0 fully saturated rings. The SMILES string of the molecule is CC(O)CNCc1ccc(Br)c(F)c1. The van der Waals surface area contributed by atoms with Crippen LogP contribution in [0, 0.1) is 5.82 Å². The molecule has 1 atom stereocenters. The Kier molecular flexibility index (Phi) is 4.51. The highest BCUT2D eigenvalue weighted by Crippen LogP contribution is 2.16. The third kappa shape index (κ3) is 3.74. The van der Waals surface area contributed by atoms with Gasteiger partial charge in [0.1, 0.15) is 5.82 Å². The summed E-state index contributed by atoms with van der Waals surface area (Å²) < 4.78 is 13.5. The summed E-state index contributed by atoms with van der Waals surface area (Å²) >= 11 is 3.09. The Morgan fingerprint density at radius 2 is 2.29 bits per heavy atom. The topological polar surface area (TPSA) is 32.3 Å². The number of benzene rings is 1. The van der Waals surface area contributed by atoms with Gasteiger partial charge in [0.25, 0.3) is 0 Å². The van der Waals surface area contributed by atoms with Crippen LogP contribution in [0.15, 0.2) is 22.7 Å². The van der Waals surface area contributed by atoms with E-state index in [2.05, 4.69) is 21.2 Å². The van der Waals surface area contributed by atoms with Crippen LogP contribution in [-0.4, -0.2) is 17.8 Å². The number of hydrogen-bond acceptors (Lipinski definition) is 2. The predicted molar refractivity (Wildman–Crippen MR) is 57.5 cm³/mol. The van der Waals surface area contributed by atoms with Gasteiger partial charge in [-0.3, -0.25) is 0 Å². The van der Waals surface area contributed by atoms with Crippen LogP contribution in [0.4, 0.5) is 4.39 Å². The molecule has 0 aliphatic carbocycles. The molecule has 0 amide bonds. The highest BCUT2D eigenvalue weighted by molar-refractivity contribution is 9.10. The maximum Gasteiger partial charge on any atom is 0.137 e. The van der Waals surface area contributed by atoms with Gasteiger partial charge in [-0.15, -0.1) is 0 Å². The first-order valence-electron chi connectivity index (χ1n) is 4.42. The monoisotopic (exact) mass is 261 g/mol. The van der Waals surface area contributed by atoms with Crippen molar-refractivity contribution in [2.24, 2.45) is 0 Å². The van der Waals surface area contributed by atoms with Crippen molar-refractivity contribution in [3.8, 4) is 0 Å². The Morgan fingerprint density at radius 3 is 2.86 bits per heavy atom. The molecule has 78 valence electrons. The van der Waals surface area contributed by atoms with Crippen LogP contribution in [0.25, 0.3) is 0 Å². The molecule has 0 heterocycles. The molecule has 1 unspecified atom stereocenters. The first-order valence-corrected chi connectivity index (χ1v) is 5.21. The fraction of sp³-hybridized carbons (Fsp3) is 0.400. The first kappa shape index (κ1) is 11.6. The lowest BCUT2D eigenvalue weighted by Crippen LogP contribution is -2.23. The van der Waals surface area contributed by atoms with Gasteiger partial charge in [0, 0.05) is 13.1 Å². The van der Waals surface area contributed by atoms with E-state index in [-0.39, 0.29) is 11.9 Å². The normalized spacial score (nSPS) is 12.9. The molecule has 2 nitrogen and oxygen atoms in total. The van der Waals surface area contributed by atoms with Crippen molar-refractivity contribution >= 4 is 15.9 Å². The van der Waals surface area contributed by atoms with Gasteiger partial charge in [0.2, 0.25) is 0 Å². The largest absolute Gasteiger partial charge is 0.392 e. The van der Waals surface area contributed by atoms with Crippen LogP contribution >= 0.6 is 15.9 Å². The molecule has 0 saturated heterocycles. The average molecular weight is 262 g/mol. The summed E-state index contributed by atoms with van der Waals surface area (Å²) in [5.41, 5.74) is 0.867. The van der Waals surface area contributed by atoms with Gasteiger partial charge in [-0.2, -0.15) is 0 Å². The predicted octanol–water partition coefficient (Wildman–Crippen LogP) is 2.06. The standard InChI is InChI=1S/C10H13BrFNO/c1-7(14)5-13-6-8-2-3-9(11)10(12)4-8/h2-4,7,13-14H,5-6H2,1H3. The van der Waals surface area contributed by atoms with E-state index in [4.69, 9.17) is 5.11 Å². The van der Waals surface area contributed by atoms with Crippen molar-refractivity contribution in [2.45, 2.75) is 19.6 Å². The zero-order valence-electron chi connectivity index (χ0n) is 7.93. The van der Waals surface area contributed by atoms with Gasteiger partial charge >= 0.3 is 0 Å². The van der Waals surface area contributed by atoms with Crippen molar-refractivity contribution in [1.82, 2.24) is 5.32 Å². The van der Waals surface area contributed by atoms with Gasteiger partial charge in [-0.1, -0.05) is 6.07 Å². The zero-order valence-corrected chi connectivity index (χ0v) is 9.51. The molecule has 0 bridgehead atoms. The molecule has 0 spiro atoms. The molecule has 2 N–H and O–H groups in total. The average Bonchev–Trinajstić information content (AvgIpc) is 2.10. The Hall–Kier alpha value is -0.450. The van der Waals surface area contributed by atoms with Gasteiger partial charge < -0.3 is 10.4 Å². The maximum atomic E-state index is 13.0. The molecule has 0 aliphatic rings. The number of aliphatic hydroxyl groups is 1. The number of hydrogen-bond donors (Lipinski definition) is 2. The van der Waals surface area contributed by atoms with Crippen molar-refractivity contribution in [3.05, 3.63) is 34.1 Å². The van der Waals surface area contributed by atoms with E-state index < -0.39 is 0 Å². The van der Waals surface area contributed by atoms with E-state index in [1.807, 2.05) is 6.07 Å². The number of rotatable bonds is 4. The Morgan fingerprint density at radius 1 is 1.57 bits per heavy atom. The number of nitrogens with one attached hydrogen (secondary N) is 1. The summed E-state index contributed by atoms with van der Waals surface area (Å²) in [5.74, 6) is -0.263. The molecule has 0 saturated carbocycles. The minimum atomic E-state index is -0.379.